The highest BCUT2D eigenvalue weighted by Gasteiger charge is 2.18. The van der Waals surface area contributed by atoms with Crippen LogP contribution in [0.3, 0.4) is 0 Å². The summed E-state index contributed by atoms with van der Waals surface area (Å²) >= 11 is 13.3. The molecular formula is C20H19Cl2N5O4S. The monoisotopic (exact) mass is 495 g/mol. The number of nitro groups is 1. The minimum atomic E-state index is -0.606. The molecule has 1 N–H and O–H groups in total. The van der Waals surface area contributed by atoms with Crippen molar-refractivity contribution in [1.29, 1.82) is 0 Å². The number of hydrogen-bond donors (Lipinski definition) is 1. The number of nitro benzene ring substituents is 1. The lowest BCUT2D eigenvalue weighted by Crippen LogP contribution is -2.15. The number of ether oxygens (including phenoxy) is 1. The van der Waals surface area contributed by atoms with Gasteiger partial charge < -0.3 is 14.6 Å². The van der Waals surface area contributed by atoms with Gasteiger partial charge in [0.25, 0.3) is 5.69 Å². The molecule has 1 amide bonds. The topological polar surface area (TPSA) is 112 Å². The smallest absolute Gasteiger partial charge is 0.289 e. The number of methoxy groups -OCH3 is 1. The van der Waals surface area contributed by atoms with E-state index >= 15 is 0 Å². The van der Waals surface area contributed by atoms with Crippen LogP contribution in [-0.2, 0) is 16.1 Å². The van der Waals surface area contributed by atoms with Crippen molar-refractivity contribution in [3.63, 3.8) is 0 Å². The molecular weight excluding hydrogens is 477 g/mol. The number of thioether (sulfide) groups is 1. The first-order valence-electron chi connectivity index (χ1n) is 9.44. The molecule has 0 unspecified atom stereocenters. The number of hydrogen-bond acceptors (Lipinski definition) is 7. The number of aromatic nitrogens is 3. The van der Waals surface area contributed by atoms with Crippen LogP contribution in [0.2, 0.25) is 10.0 Å². The van der Waals surface area contributed by atoms with E-state index in [1.165, 1.54) is 30.0 Å². The molecule has 32 heavy (non-hydrogen) atoms. The fourth-order valence-corrected chi connectivity index (χ4v) is 4.03. The lowest BCUT2D eigenvalue weighted by molar-refractivity contribution is -0.384. The first-order valence-corrected chi connectivity index (χ1v) is 11.2. The summed E-state index contributed by atoms with van der Waals surface area (Å²) in [4.78, 5) is 22.8. The molecule has 0 radical (unpaired) electrons. The van der Waals surface area contributed by atoms with Gasteiger partial charge in [0.15, 0.2) is 11.0 Å². The Kier molecular flexibility index (Phi) is 8.46. The molecule has 0 aliphatic carbocycles. The highest BCUT2D eigenvalue weighted by atomic mass is 35.5. The second kappa shape index (κ2) is 11.3. The van der Waals surface area contributed by atoms with Crippen molar-refractivity contribution < 1.29 is 14.5 Å². The molecule has 1 aromatic heterocycles. The Labute approximate surface area is 198 Å². The molecule has 168 valence electrons. The molecule has 12 heteroatoms. The second-order valence-corrected chi connectivity index (χ2v) is 8.30. The number of rotatable bonds is 10. The summed E-state index contributed by atoms with van der Waals surface area (Å²) in [6, 6.07) is 11.4. The third-order valence-corrected chi connectivity index (χ3v) is 5.94. The predicted molar refractivity (Wildman–Crippen MR) is 124 cm³/mol. The fourth-order valence-electron chi connectivity index (χ4n) is 2.86. The van der Waals surface area contributed by atoms with Crippen molar-refractivity contribution in [2.24, 2.45) is 0 Å². The standard InChI is InChI=1S/C20H19Cl2N5O4S/c1-31-10-4-9-26-19(14-5-2-3-6-15(14)21)24-25-20(26)32-12-18(28)23-13-7-8-16(22)17(11-13)27(29)30/h2-3,5-8,11H,4,9-10,12H2,1H3,(H,23,28). The summed E-state index contributed by atoms with van der Waals surface area (Å²) in [5, 5.41) is 23.3. The molecule has 0 aliphatic rings. The van der Waals surface area contributed by atoms with Crippen molar-refractivity contribution in [2.75, 3.05) is 24.8 Å². The molecule has 0 saturated carbocycles. The average molecular weight is 496 g/mol. The van der Waals surface area contributed by atoms with Crippen LogP contribution in [0, 0.1) is 10.1 Å². The van der Waals surface area contributed by atoms with E-state index in [9.17, 15) is 14.9 Å². The Bertz CT molecular complexity index is 1130. The van der Waals surface area contributed by atoms with E-state index in [4.69, 9.17) is 27.9 Å². The van der Waals surface area contributed by atoms with Crippen LogP contribution in [0.15, 0.2) is 47.6 Å². The molecule has 0 aliphatic heterocycles. The van der Waals surface area contributed by atoms with Crippen LogP contribution in [0.4, 0.5) is 11.4 Å². The zero-order valence-electron chi connectivity index (χ0n) is 17.0. The highest BCUT2D eigenvalue weighted by Crippen LogP contribution is 2.30. The van der Waals surface area contributed by atoms with Gasteiger partial charge in [0.05, 0.1) is 15.7 Å². The quantitative estimate of drug-likeness (QED) is 0.183. The first-order chi connectivity index (χ1) is 15.4. The maximum Gasteiger partial charge on any atom is 0.289 e. The molecule has 1 heterocycles. The van der Waals surface area contributed by atoms with E-state index in [2.05, 4.69) is 15.5 Å². The van der Waals surface area contributed by atoms with Crippen molar-refractivity contribution in [2.45, 2.75) is 18.1 Å². The van der Waals surface area contributed by atoms with Gasteiger partial charge >= 0.3 is 0 Å². The van der Waals surface area contributed by atoms with E-state index in [1.54, 1.807) is 13.2 Å². The van der Waals surface area contributed by atoms with Crippen LogP contribution >= 0.6 is 35.0 Å². The maximum atomic E-state index is 12.4. The summed E-state index contributed by atoms with van der Waals surface area (Å²) in [6.07, 6.45) is 0.722. The van der Waals surface area contributed by atoms with E-state index < -0.39 is 4.92 Å². The Morgan fingerprint density at radius 1 is 1.22 bits per heavy atom. The Morgan fingerprint density at radius 3 is 2.72 bits per heavy atom. The second-order valence-electron chi connectivity index (χ2n) is 6.54. The Balaban J connectivity index is 1.74. The van der Waals surface area contributed by atoms with Gasteiger partial charge in [-0.1, -0.05) is 47.1 Å². The number of nitrogens with one attached hydrogen (secondary N) is 1. The van der Waals surface area contributed by atoms with Gasteiger partial charge in [0, 0.05) is 37.6 Å². The SMILES string of the molecule is COCCCn1c(SCC(=O)Nc2ccc(Cl)c([N+](=O)[O-])c2)nnc1-c1ccccc1Cl. The van der Waals surface area contributed by atoms with Crippen molar-refractivity contribution in [3.05, 3.63) is 62.6 Å². The van der Waals surface area contributed by atoms with Gasteiger partial charge in [-0.3, -0.25) is 14.9 Å². The van der Waals surface area contributed by atoms with E-state index in [-0.39, 0.29) is 28.1 Å². The zero-order valence-corrected chi connectivity index (χ0v) is 19.3. The Morgan fingerprint density at radius 2 is 2.00 bits per heavy atom. The molecule has 0 saturated heterocycles. The molecule has 0 bridgehead atoms. The minimum Gasteiger partial charge on any atom is -0.385 e. The van der Waals surface area contributed by atoms with Gasteiger partial charge in [-0.2, -0.15) is 0 Å². The number of carbonyl (C=O) groups is 1. The first kappa shape index (κ1) is 24.0. The number of anilines is 1. The van der Waals surface area contributed by atoms with Gasteiger partial charge in [0.2, 0.25) is 5.91 Å². The predicted octanol–water partition coefficient (Wildman–Crippen LogP) is 4.93. The van der Waals surface area contributed by atoms with Crippen molar-refractivity contribution in [1.82, 2.24) is 14.8 Å². The molecule has 3 aromatic rings. The van der Waals surface area contributed by atoms with E-state index in [0.717, 1.165) is 12.0 Å². The minimum absolute atomic E-state index is 0.00126. The molecule has 0 fully saturated rings. The highest BCUT2D eigenvalue weighted by molar-refractivity contribution is 7.99. The fraction of sp³-hybridized carbons (Fsp3) is 0.250. The van der Waals surface area contributed by atoms with Crippen LogP contribution in [0.5, 0.6) is 0 Å². The summed E-state index contributed by atoms with van der Waals surface area (Å²) < 4.78 is 7.03. The van der Waals surface area contributed by atoms with E-state index in [1.807, 2.05) is 22.8 Å². The lowest BCUT2D eigenvalue weighted by atomic mass is 10.2. The van der Waals surface area contributed by atoms with Crippen molar-refractivity contribution >= 4 is 52.2 Å². The Hall–Kier alpha value is -2.66. The summed E-state index contributed by atoms with van der Waals surface area (Å²) in [7, 11) is 1.63. The zero-order chi connectivity index (χ0) is 23.1. The van der Waals surface area contributed by atoms with Crippen LogP contribution in [0.25, 0.3) is 11.4 Å². The van der Waals surface area contributed by atoms with Crippen LogP contribution in [0.1, 0.15) is 6.42 Å². The molecule has 9 nitrogen and oxygen atoms in total. The number of halogens is 2. The average Bonchev–Trinajstić information content (AvgIpc) is 3.16. The number of benzene rings is 2. The van der Waals surface area contributed by atoms with Crippen LogP contribution in [-0.4, -0.2) is 45.1 Å². The summed E-state index contributed by atoms with van der Waals surface area (Å²) in [5.74, 6) is 0.279. The molecule has 0 atom stereocenters. The third-order valence-electron chi connectivity index (χ3n) is 4.32. The maximum absolute atomic E-state index is 12.4. The summed E-state index contributed by atoms with van der Waals surface area (Å²) in [5.41, 5.74) is 0.744. The van der Waals surface area contributed by atoms with Gasteiger partial charge in [0.1, 0.15) is 5.02 Å². The van der Waals surface area contributed by atoms with Gasteiger partial charge in [-0.05, 0) is 30.7 Å². The molecule has 3 rings (SSSR count). The van der Waals surface area contributed by atoms with E-state index in [0.29, 0.717) is 29.2 Å². The van der Waals surface area contributed by atoms with Gasteiger partial charge in [-0.25, -0.2) is 0 Å². The molecule has 0 spiro atoms. The third kappa shape index (κ3) is 5.98. The van der Waals surface area contributed by atoms with Crippen LogP contribution < -0.4 is 5.32 Å². The number of amides is 1. The molecule has 2 aromatic carbocycles. The van der Waals surface area contributed by atoms with Crippen molar-refractivity contribution in [3.8, 4) is 11.4 Å². The largest absolute Gasteiger partial charge is 0.385 e. The number of nitrogens with zero attached hydrogens (tertiary/aromatic N) is 4. The lowest BCUT2D eigenvalue weighted by Gasteiger charge is -2.11. The number of carbonyl (C=O) groups excluding carboxylic acids is 1. The van der Waals surface area contributed by atoms with Gasteiger partial charge in [-0.15, -0.1) is 10.2 Å². The summed E-state index contributed by atoms with van der Waals surface area (Å²) in [6.45, 7) is 1.13. The normalized spacial score (nSPS) is 10.8.